The number of H-pyrrole nitrogens is 1. The Morgan fingerprint density at radius 1 is 1.00 bits per heavy atom. The summed E-state index contributed by atoms with van der Waals surface area (Å²) < 4.78 is 44.9. The molecule has 2 aliphatic rings. The maximum Gasteiger partial charge on any atom is 0.337 e. The number of esters is 1. The largest absolute Gasteiger partial charge is 0.480 e. The zero-order valence-corrected chi connectivity index (χ0v) is 23.1. The predicted molar refractivity (Wildman–Crippen MR) is 149 cm³/mol. The summed E-state index contributed by atoms with van der Waals surface area (Å²) in [5.74, 6) is -5.79. The number of hydrogen-bond donors (Lipinski definition) is 2. The molecule has 2 fully saturated rings. The lowest BCUT2D eigenvalue weighted by Crippen LogP contribution is -2.52. The number of nitrogens with one attached hydrogen (secondary N) is 1. The zero-order valence-electron chi connectivity index (χ0n) is 23.1. The van der Waals surface area contributed by atoms with Gasteiger partial charge >= 0.3 is 11.9 Å². The number of methoxy groups -OCH3 is 1. The fourth-order valence-corrected chi connectivity index (χ4v) is 6.25. The van der Waals surface area contributed by atoms with Crippen LogP contribution in [0.5, 0.6) is 0 Å². The van der Waals surface area contributed by atoms with E-state index in [0.717, 1.165) is 41.4 Å². The molecule has 2 aromatic carbocycles. The van der Waals surface area contributed by atoms with Crippen molar-refractivity contribution >= 4 is 34.8 Å². The zero-order chi connectivity index (χ0) is 30.0. The maximum atomic E-state index is 13.5. The van der Waals surface area contributed by atoms with Crippen molar-refractivity contribution < 1.29 is 37.4 Å². The molecule has 1 aromatic heterocycles. The molecule has 8 nitrogen and oxygen atoms in total. The van der Waals surface area contributed by atoms with Crippen LogP contribution < -0.4 is 0 Å². The molecule has 2 saturated heterocycles. The second-order valence-corrected chi connectivity index (χ2v) is 10.9. The number of carboxylic acid groups (broad SMARTS) is 1. The van der Waals surface area contributed by atoms with E-state index in [-0.39, 0.29) is 23.3 Å². The van der Waals surface area contributed by atoms with Gasteiger partial charge in [0.1, 0.15) is 6.04 Å². The fraction of sp³-hybridized carbons (Fsp3) is 0.387. The van der Waals surface area contributed by atoms with Crippen molar-refractivity contribution in [2.45, 2.75) is 37.6 Å². The van der Waals surface area contributed by atoms with Crippen molar-refractivity contribution in [3.8, 4) is 0 Å². The monoisotopic (exact) mass is 583 g/mol. The summed E-state index contributed by atoms with van der Waals surface area (Å²) in [6, 6.07) is 6.37. The molecule has 222 valence electrons. The first kappa shape index (κ1) is 29.4. The Morgan fingerprint density at radius 2 is 1.67 bits per heavy atom. The number of piperidine rings is 2. The van der Waals surface area contributed by atoms with Crippen LogP contribution in [0.4, 0.5) is 13.2 Å². The number of halogens is 3. The maximum absolute atomic E-state index is 13.5. The van der Waals surface area contributed by atoms with Gasteiger partial charge in [0.25, 0.3) is 0 Å². The number of ether oxygens (including phenoxy) is 1. The molecular formula is C31H32F3N3O5. The first-order chi connectivity index (χ1) is 20.2. The summed E-state index contributed by atoms with van der Waals surface area (Å²) in [6.45, 7) is 1.94. The Kier molecular flexibility index (Phi) is 8.67. The van der Waals surface area contributed by atoms with Crippen LogP contribution >= 0.6 is 0 Å². The van der Waals surface area contributed by atoms with Gasteiger partial charge in [-0.15, -0.1) is 0 Å². The van der Waals surface area contributed by atoms with Crippen LogP contribution in [0.15, 0.2) is 42.6 Å². The second kappa shape index (κ2) is 12.4. The van der Waals surface area contributed by atoms with Crippen molar-refractivity contribution in [1.82, 2.24) is 14.8 Å². The van der Waals surface area contributed by atoms with Crippen molar-refractivity contribution in [3.63, 3.8) is 0 Å². The van der Waals surface area contributed by atoms with Gasteiger partial charge in [-0.25, -0.2) is 18.0 Å². The number of carboxylic acids is 1. The van der Waals surface area contributed by atoms with E-state index < -0.39 is 35.4 Å². The predicted octanol–water partition coefficient (Wildman–Crippen LogP) is 4.96. The van der Waals surface area contributed by atoms with E-state index in [9.17, 15) is 32.7 Å². The number of hydrogen-bond acceptors (Lipinski definition) is 5. The lowest BCUT2D eigenvalue weighted by molar-refractivity contribution is -0.147. The van der Waals surface area contributed by atoms with Crippen LogP contribution in [-0.4, -0.2) is 77.1 Å². The minimum Gasteiger partial charge on any atom is -0.480 e. The third-order valence-corrected chi connectivity index (χ3v) is 8.47. The van der Waals surface area contributed by atoms with E-state index >= 15 is 0 Å². The molecular weight excluding hydrogens is 551 g/mol. The highest BCUT2D eigenvalue weighted by Crippen LogP contribution is 2.36. The summed E-state index contributed by atoms with van der Waals surface area (Å²) >= 11 is 0. The average molecular weight is 584 g/mol. The van der Waals surface area contributed by atoms with Crippen LogP contribution in [-0.2, 0) is 14.3 Å². The molecule has 1 amide bonds. The molecule has 0 saturated carbocycles. The number of aromatic amines is 1. The number of amides is 1. The van der Waals surface area contributed by atoms with E-state index in [1.165, 1.54) is 19.3 Å². The van der Waals surface area contributed by atoms with Crippen LogP contribution in [0.25, 0.3) is 17.0 Å². The van der Waals surface area contributed by atoms with Gasteiger partial charge < -0.3 is 19.7 Å². The number of carbonyl (C=O) groups is 3. The number of rotatable bonds is 7. The molecule has 0 spiro atoms. The molecule has 11 heteroatoms. The molecule has 0 aliphatic carbocycles. The second-order valence-electron chi connectivity index (χ2n) is 10.9. The first-order valence-electron chi connectivity index (χ1n) is 13.9. The Labute approximate surface area is 240 Å². The van der Waals surface area contributed by atoms with Crippen molar-refractivity contribution in [1.29, 1.82) is 0 Å². The average Bonchev–Trinajstić information content (AvgIpc) is 3.42. The molecule has 42 heavy (non-hydrogen) atoms. The molecule has 3 heterocycles. The fourth-order valence-electron chi connectivity index (χ4n) is 6.25. The van der Waals surface area contributed by atoms with E-state index in [4.69, 9.17) is 4.74 Å². The van der Waals surface area contributed by atoms with Gasteiger partial charge in [-0.2, -0.15) is 0 Å². The molecule has 5 rings (SSSR count). The van der Waals surface area contributed by atoms with Gasteiger partial charge in [-0.3, -0.25) is 14.5 Å². The van der Waals surface area contributed by atoms with Gasteiger partial charge in [0, 0.05) is 36.3 Å². The number of carbonyl (C=O) groups excluding carboxylic acids is 2. The van der Waals surface area contributed by atoms with E-state index in [2.05, 4.69) is 4.98 Å². The van der Waals surface area contributed by atoms with Gasteiger partial charge in [-0.05, 0) is 98.1 Å². The summed E-state index contributed by atoms with van der Waals surface area (Å²) in [7, 11) is 1.35. The molecule has 1 unspecified atom stereocenters. The standard InChI is InChI=1S/C31H32F3N3O5/c1-42-31(41)21-3-4-26-22(16-21)23(17-35-26)19-6-12-37(13-7-19)29(30(39)40)20-8-10-36(11-9-20)27(38)5-2-18-14-24(32)28(34)25(33)15-18/h2-5,14-17,19-20,29,35H,6-13H2,1H3,(H,39,40). The number of nitrogens with zero attached hydrogens (tertiary/aromatic N) is 2. The number of benzene rings is 2. The summed E-state index contributed by atoms with van der Waals surface area (Å²) in [5.41, 5.74) is 2.54. The van der Waals surface area contributed by atoms with Gasteiger partial charge in [0.15, 0.2) is 17.5 Å². The summed E-state index contributed by atoms with van der Waals surface area (Å²) in [5, 5.41) is 11.1. The minimum atomic E-state index is -1.56. The van der Waals surface area contributed by atoms with Crippen molar-refractivity contribution in [2.24, 2.45) is 5.92 Å². The normalized spacial score (nSPS) is 18.0. The lowest BCUT2D eigenvalue weighted by Gasteiger charge is -2.41. The molecule has 2 N–H and O–H groups in total. The molecule has 3 aromatic rings. The Morgan fingerprint density at radius 3 is 2.29 bits per heavy atom. The quantitative estimate of drug-likeness (QED) is 0.232. The van der Waals surface area contributed by atoms with Crippen LogP contribution in [0.2, 0.25) is 0 Å². The highest BCUT2D eigenvalue weighted by Gasteiger charge is 2.38. The molecule has 1 atom stereocenters. The van der Waals surface area contributed by atoms with Gasteiger partial charge in [0.05, 0.1) is 12.7 Å². The van der Waals surface area contributed by atoms with Gasteiger partial charge in [0.2, 0.25) is 5.91 Å². The topological polar surface area (TPSA) is 103 Å². The van der Waals surface area contributed by atoms with Crippen LogP contribution in [0, 0.1) is 23.4 Å². The Balaban J connectivity index is 1.18. The summed E-state index contributed by atoms with van der Waals surface area (Å²) in [6.07, 6.45) is 6.94. The Hall–Kier alpha value is -4.12. The van der Waals surface area contributed by atoms with E-state index in [1.54, 1.807) is 11.0 Å². The highest BCUT2D eigenvalue weighted by atomic mass is 19.2. The van der Waals surface area contributed by atoms with Crippen LogP contribution in [0.1, 0.15) is 53.1 Å². The molecule has 0 bridgehead atoms. The lowest BCUT2D eigenvalue weighted by atomic mass is 9.84. The Bertz CT molecular complexity index is 1500. The van der Waals surface area contributed by atoms with Crippen molar-refractivity contribution in [3.05, 3.63) is 76.7 Å². The highest BCUT2D eigenvalue weighted by molar-refractivity contribution is 5.96. The third-order valence-electron chi connectivity index (χ3n) is 8.47. The van der Waals surface area contributed by atoms with Gasteiger partial charge in [-0.1, -0.05) is 0 Å². The number of likely N-dealkylation sites (tertiary alicyclic amines) is 2. The number of fused-ring (bicyclic) bond motifs is 1. The summed E-state index contributed by atoms with van der Waals surface area (Å²) in [4.78, 5) is 43.9. The number of aliphatic carboxylic acids is 1. The van der Waals surface area contributed by atoms with E-state index in [0.29, 0.717) is 44.6 Å². The first-order valence-corrected chi connectivity index (χ1v) is 13.9. The van der Waals surface area contributed by atoms with Crippen LogP contribution in [0.3, 0.4) is 0 Å². The van der Waals surface area contributed by atoms with E-state index in [1.807, 2.05) is 23.2 Å². The SMILES string of the molecule is COC(=O)c1ccc2[nH]cc(C3CCN(C(C(=O)O)C4CCN(C(=O)C=Cc5cc(F)c(F)c(F)c5)CC4)CC3)c2c1. The minimum absolute atomic E-state index is 0.0283. The molecule has 2 aliphatic heterocycles. The third kappa shape index (κ3) is 6.06. The smallest absolute Gasteiger partial charge is 0.337 e. The number of aromatic nitrogens is 1. The molecule has 0 radical (unpaired) electrons. The van der Waals surface area contributed by atoms with Crippen molar-refractivity contribution in [2.75, 3.05) is 33.3 Å².